The van der Waals surface area contributed by atoms with Crippen LogP contribution in [0.4, 0.5) is 23.0 Å². The topological polar surface area (TPSA) is 125 Å². The van der Waals surface area contributed by atoms with Crippen LogP contribution in [0.3, 0.4) is 0 Å². The van der Waals surface area contributed by atoms with Gasteiger partial charge in [0, 0.05) is 16.4 Å². The lowest BCUT2D eigenvalue weighted by Crippen LogP contribution is -2.25. The van der Waals surface area contributed by atoms with E-state index in [4.69, 9.17) is 11.6 Å². The number of sulfonamides is 1. The zero-order chi connectivity index (χ0) is 24.1. The van der Waals surface area contributed by atoms with Gasteiger partial charge in [-0.25, -0.2) is 18.4 Å². The first-order valence-corrected chi connectivity index (χ1v) is 12.1. The predicted molar refractivity (Wildman–Crippen MR) is 134 cm³/mol. The molecule has 0 atom stereocenters. The van der Waals surface area contributed by atoms with Crippen LogP contribution in [0.25, 0.3) is 11.0 Å². The van der Waals surface area contributed by atoms with Gasteiger partial charge < -0.3 is 16.0 Å². The summed E-state index contributed by atoms with van der Waals surface area (Å²) in [7, 11) is -2.42. The fourth-order valence-electron chi connectivity index (χ4n) is 3.15. The molecule has 0 fully saturated rings. The highest BCUT2D eigenvalue weighted by atomic mass is 35.5. The monoisotopic (exact) mass is 496 g/mol. The second-order valence-electron chi connectivity index (χ2n) is 7.26. The van der Waals surface area contributed by atoms with Crippen LogP contribution in [0, 0.1) is 0 Å². The zero-order valence-corrected chi connectivity index (χ0v) is 19.6. The number of amides is 1. The van der Waals surface area contributed by atoms with Gasteiger partial charge in [-0.2, -0.15) is 0 Å². The van der Waals surface area contributed by atoms with Gasteiger partial charge in [-0.1, -0.05) is 35.9 Å². The van der Waals surface area contributed by atoms with E-state index in [0.717, 1.165) is 0 Å². The molecule has 0 spiro atoms. The lowest BCUT2D eigenvalue weighted by molar-refractivity contribution is -0.115. The van der Waals surface area contributed by atoms with Crippen molar-refractivity contribution in [3.63, 3.8) is 0 Å². The number of fused-ring (bicyclic) bond motifs is 1. The van der Waals surface area contributed by atoms with Crippen LogP contribution in [-0.4, -0.2) is 37.9 Å². The molecule has 0 radical (unpaired) electrons. The summed E-state index contributed by atoms with van der Waals surface area (Å²) in [4.78, 5) is 20.8. The van der Waals surface area contributed by atoms with Gasteiger partial charge in [-0.05, 0) is 55.6 Å². The van der Waals surface area contributed by atoms with E-state index in [1.165, 1.54) is 12.1 Å². The Hall–Kier alpha value is -3.73. The highest BCUT2D eigenvalue weighted by molar-refractivity contribution is 7.92. The average Bonchev–Trinajstić information content (AvgIpc) is 2.79. The van der Waals surface area contributed by atoms with Crippen LogP contribution in [0.5, 0.6) is 0 Å². The number of nitrogens with one attached hydrogen (secondary N) is 4. The summed E-state index contributed by atoms with van der Waals surface area (Å²) in [6.07, 6.45) is 0. The van der Waals surface area contributed by atoms with Gasteiger partial charge in [0.1, 0.15) is 0 Å². The average molecular weight is 497 g/mol. The summed E-state index contributed by atoms with van der Waals surface area (Å²) in [6, 6.07) is 20.0. The fraction of sp³-hybridized carbons (Fsp3) is 0.0870. The van der Waals surface area contributed by atoms with E-state index < -0.39 is 10.0 Å². The highest BCUT2D eigenvalue weighted by Gasteiger charge is 2.20. The molecular formula is C23H21ClN6O3S. The lowest BCUT2D eigenvalue weighted by atomic mass is 10.3. The number of aromatic nitrogens is 2. The molecule has 174 valence electrons. The van der Waals surface area contributed by atoms with Crippen molar-refractivity contribution >= 4 is 61.6 Å². The maximum absolute atomic E-state index is 13.2. The molecule has 11 heteroatoms. The first-order chi connectivity index (χ1) is 16.3. The van der Waals surface area contributed by atoms with Crippen LogP contribution in [0.2, 0.25) is 5.02 Å². The Kier molecular flexibility index (Phi) is 6.92. The minimum Gasteiger partial charge on any atom is -0.337 e. The number of anilines is 4. The molecule has 0 saturated carbocycles. The third-order valence-corrected chi connectivity index (χ3v) is 6.23. The summed E-state index contributed by atoms with van der Waals surface area (Å²) in [6.45, 7) is 0.0977. The van der Waals surface area contributed by atoms with E-state index in [0.29, 0.717) is 27.4 Å². The third kappa shape index (κ3) is 5.60. The molecule has 0 aliphatic carbocycles. The largest absolute Gasteiger partial charge is 0.337 e. The Morgan fingerprint density at radius 2 is 1.56 bits per heavy atom. The van der Waals surface area contributed by atoms with Crippen LogP contribution in [0.1, 0.15) is 0 Å². The molecule has 4 N–H and O–H groups in total. The normalized spacial score (nSPS) is 11.2. The van der Waals surface area contributed by atoms with Crippen LogP contribution in [0.15, 0.2) is 77.7 Å². The number of rotatable bonds is 8. The van der Waals surface area contributed by atoms with Gasteiger partial charge in [0.15, 0.2) is 11.6 Å². The van der Waals surface area contributed by atoms with Gasteiger partial charge in [0.2, 0.25) is 5.91 Å². The maximum Gasteiger partial charge on any atom is 0.263 e. The number of hydrogen-bond donors (Lipinski definition) is 4. The molecule has 4 rings (SSSR count). The van der Waals surface area contributed by atoms with E-state index in [1.54, 1.807) is 61.6 Å². The molecule has 0 aliphatic heterocycles. The fourth-order valence-corrected chi connectivity index (χ4v) is 4.40. The number of nitrogens with zero attached hydrogens (tertiary/aromatic N) is 2. The van der Waals surface area contributed by atoms with Crippen molar-refractivity contribution in [2.45, 2.75) is 4.90 Å². The number of likely N-dealkylation sites (N-methyl/N-ethyl adjacent to an activating group) is 1. The summed E-state index contributed by atoms with van der Waals surface area (Å²) in [5.74, 6) is -0.0651. The molecule has 3 aromatic carbocycles. The highest BCUT2D eigenvalue weighted by Crippen LogP contribution is 2.28. The molecule has 1 heterocycles. The summed E-state index contributed by atoms with van der Waals surface area (Å²) in [5, 5.41) is 8.98. The lowest BCUT2D eigenvalue weighted by Gasteiger charge is -2.14. The van der Waals surface area contributed by atoms with Gasteiger partial charge in [-0.15, -0.1) is 0 Å². The van der Waals surface area contributed by atoms with Crippen LogP contribution < -0.4 is 20.7 Å². The number of carbonyl (C=O) groups excluding carboxylic acids is 1. The Morgan fingerprint density at radius 3 is 2.26 bits per heavy atom. The number of hydrogen-bond acceptors (Lipinski definition) is 7. The van der Waals surface area contributed by atoms with E-state index in [-0.39, 0.29) is 29.0 Å². The van der Waals surface area contributed by atoms with Crippen LogP contribution in [-0.2, 0) is 14.8 Å². The molecular weight excluding hydrogens is 476 g/mol. The minimum atomic E-state index is -4.06. The Labute approximate surface area is 201 Å². The quantitative estimate of drug-likeness (QED) is 0.290. The Balaban J connectivity index is 1.69. The first kappa shape index (κ1) is 23.4. The van der Waals surface area contributed by atoms with Crippen molar-refractivity contribution in [3.05, 3.63) is 77.8 Å². The molecule has 9 nitrogen and oxygen atoms in total. The second kappa shape index (κ2) is 10.0. The van der Waals surface area contributed by atoms with E-state index in [1.807, 2.05) is 6.07 Å². The van der Waals surface area contributed by atoms with Crippen molar-refractivity contribution in [2.75, 3.05) is 28.9 Å². The zero-order valence-electron chi connectivity index (χ0n) is 18.0. The molecule has 4 aromatic rings. The SMILES string of the molecule is CNCC(=O)Nc1cccc(S(=O)(=O)Nc2nc3ccccc3nc2Nc2cccc(Cl)c2)c1. The standard InChI is InChI=1S/C23H21ClN6O3S/c1-25-14-21(31)26-17-8-5-9-18(13-17)34(32,33)30-23-22(27-16-7-4-6-15(24)12-16)28-19-10-2-3-11-20(19)29-23/h2-13,25H,14H2,1H3,(H,26,31)(H,27,28)(H,29,30). The molecule has 0 unspecified atom stereocenters. The smallest absolute Gasteiger partial charge is 0.263 e. The van der Waals surface area contributed by atoms with E-state index in [2.05, 4.69) is 30.6 Å². The molecule has 0 aliphatic rings. The van der Waals surface area contributed by atoms with Crippen LogP contribution >= 0.6 is 11.6 Å². The van der Waals surface area contributed by atoms with Gasteiger partial charge in [0.25, 0.3) is 10.0 Å². The van der Waals surface area contributed by atoms with Crippen molar-refractivity contribution in [3.8, 4) is 0 Å². The summed E-state index contributed by atoms with van der Waals surface area (Å²) >= 11 is 6.08. The van der Waals surface area contributed by atoms with Crippen molar-refractivity contribution in [1.29, 1.82) is 0 Å². The first-order valence-electron chi connectivity index (χ1n) is 10.2. The summed E-state index contributed by atoms with van der Waals surface area (Å²) in [5.41, 5.74) is 2.07. The number of benzene rings is 3. The third-order valence-electron chi connectivity index (χ3n) is 4.65. The second-order valence-corrected chi connectivity index (χ2v) is 9.38. The van der Waals surface area contributed by atoms with E-state index >= 15 is 0 Å². The summed E-state index contributed by atoms with van der Waals surface area (Å²) < 4.78 is 28.9. The number of carbonyl (C=O) groups is 1. The minimum absolute atomic E-state index is 0.0169. The molecule has 1 aromatic heterocycles. The molecule has 34 heavy (non-hydrogen) atoms. The van der Waals surface area contributed by atoms with Crippen molar-refractivity contribution in [1.82, 2.24) is 15.3 Å². The van der Waals surface area contributed by atoms with Gasteiger partial charge >= 0.3 is 0 Å². The van der Waals surface area contributed by atoms with Crippen molar-refractivity contribution in [2.24, 2.45) is 0 Å². The van der Waals surface area contributed by atoms with E-state index in [9.17, 15) is 13.2 Å². The Bertz CT molecular complexity index is 1460. The maximum atomic E-state index is 13.2. The van der Waals surface area contributed by atoms with Gasteiger partial charge in [0.05, 0.1) is 22.5 Å². The Morgan fingerprint density at radius 1 is 0.882 bits per heavy atom. The predicted octanol–water partition coefficient (Wildman–Crippen LogP) is 3.99. The molecule has 0 bridgehead atoms. The molecule has 1 amide bonds. The van der Waals surface area contributed by atoms with Crippen molar-refractivity contribution < 1.29 is 13.2 Å². The molecule has 0 saturated heterocycles. The number of para-hydroxylation sites is 2. The number of halogens is 1. The van der Waals surface area contributed by atoms with Gasteiger partial charge in [-0.3, -0.25) is 9.52 Å².